The van der Waals surface area contributed by atoms with E-state index in [2.05, 4.69) is 15.6 Å². The van der Waals surface area contributed by atoms with Gasteiger partial charge in [0.05, 0.1) is 11.9 Å². The van der Waals surface area contributed by atoms with Gasteiger partial charge in [0.25, 0.3) is 5.91 Å². The van der Waals surface area contributed by atoms with Gasteiger partial charge in [0.2, 0.25) is 0 Å². The summed E-state index contributed by atoms with van der Waals surface area (Å²) in [5.41, 5.74) is 0.807. The van der Waals surface area contributed by atoms with Crippen LogP contribution in [0.15, 0.2) is 42.6 Å². The second-order valence-electron chi connectivity index (χ2n) is 5.11. The van der Waals surface area contributed by atoms with Crippen LogP contribution in [0.3, 0.4) is 0 Å². The molecule has 2 rings (SSSR count). The molecule has 0 aliphatic carbocycles. The van der Waals surface area contributed by atoms with Gasteiger partial charge in [-0.25, -0.2) is 9.37 Å². The number of pyridine rings is 1. The molecule has 0 saturated heterocycles. The standard InChI is InChI=1S/C17H20FN3O2/c18-14-6-4-5-13(11-14)17(23)21-15-7-8-16(20-12-15)19-9-2-1-3-10-22/h4-8,11-12,22H,1-3,9-10H2,(H,19,20)(H,21,23). The highest BCUT2D eigenvalue weighted by Gasteiger charge is 2.07. The fourth-order valence-corrected chi connectivity index (χ4v) is 2.04. The summed E-state index contributed by atoms with van der Waals surface area (Å²) in [5, 5.41) is 14.5. The molecule has 1 amide bonds. The fraction of sp³-hybridized carbons (Fsp3) is 0.294. The van der Waals surface area contributed by atoms with Gasteiger partial charge in [-0.3, -0.25) is 4.79 Å². The molecule has 0 bridgehead atoms. The van der Waals surface area contributed by atoms with E-state index in [0.29, 0.717) is 5.69 Å². The van der Waals surface area contributed by atoms with E-state index in [0.717, 1.165) is 31.6 Å². The first-order valence-electron chi connectivity index (χ1n) is 7.57. The molecule has 6 heteroatoms. The van der Waals surface area contributed by atoms with Crippen molar-refractivity contribution >= 4 is 17.4 Å². The summed E-state index contributed by atoms with van der Waals surface area (Å²) in [6.45, 7) is 1.000. The van der Waals surface area contributed by atoms with E-state index in [1.165, 1.54) is 18.2 Å². The van der Waals surface area contributed by atoms with Gasteiger partial charge in [-0.2, -0.15) is 0 Å². The fourth-order valence-electron chi connectivity index (χ4n) is 2.04. The number of aromatic nitrogens is 1. The number of hydrogen-bond donors (Lipinski definition) is 3. The van der Waals surface area contributed by atoms with Crippen molar-refractivity contribution < 1.29 is 14.3 Å². The van der Waals surface area contributed by atoms with Gasteiger partial charge < -0.3 is 15.7 Å². The van der Waals surface area contributed by atoms with Gasteiger partial charge in [-0.1, -0.05) is 6.07 Å². The largest absolute Gasteiger partial charge is 0.396 e. The smallest absolute Gasteiger partial charge is 0.255 e. The van der Waals surface area contributed by atoms with Crippen LogP contribution in [0.1, 0.15) is 29.6 Å². The third-order valence-corrected chi connectivity index (χ3v) is 3.25. The molecule has 0 unspecified atom stereocenters. The predicted octanol–water partition coefficient (Wildman–Crippen LogP) is 3.05. The number of aliphatic hydroxyl groups excluding tert-OH is 1. The molecule has 23 heavy (non-hydrogen) atoms. The Labute approximate surface area is 134 Å². The van der Waals surface area contributed by atoms with Crippen LogP contribution in [0.25, 0.3) is 0 Å². The Hall–Kier alpha value is -2.47. The maximum Gasteiger partial charge on any atom is 0.255 e. The number of carbonyl (C=O) groups excluding carboxylic acids is 1. The van der Waals surface area contributed by atoms with Crippen molar-refractivity contribution in [1.29, 1.82) is 0 Å². The van der Waals surface area contributed by atoms with Gasteiger partial charge in [0.1, 0.15) is 11.6 Å². The van der Waals surface area contributed by atoms with Crippen LogP contribution >= 0.6 is 0 Å². The highest BCUT2D eigenvalue weighted by molar-refractivity contribution is 6.04. The topological polar surface area (TPSA) is 74.2 Å². The molecular weight excluding hydrogens is 297 g/mol. The molecule has 122 valence electrons. The number of anilines is 2. The van der Waals surface area contributed by atoms with Crippen molar-refractivity contribution in [3.8, 4) is 0 Å². The summed E-state index contributed by atoms with van der Waals surface area (Å²) in [4.78, 5) is 16.2. The van der Waals surface area contributed by atoms with Crippen LogP contribution < -0.4 is 10.6 Å². The average molecular weight is 317 g/mol. The Kier molecular flexibility index (Phi) is 6.50. The maximum absolute atomic E-state index is 13.1. The number of rotatable bonds is 8. The van der Waals surface area contributed by atoms with Gasteiger partial charge in [0, 0.05) is 18.7 Å². The van der Waals surface area contributed by atoms with E-state index < -0.39 is 5.82 Å². The number of halogens is 1. The lowest BCUT2D eigenvalue weighted by Crippen LogP contribution is -2.12. The summed E-state index contributed by atoms with van der Waals surface area (Å²) >= 11 is 0. The number of amides is 1. The molecule has 1 heterocycles. The maximum atomic E-state index is 13.1. The van der Waals surface area contributed by atoms with Crippen LogP contribution in [0.5, 0.6) is 0 Å². The van der Waals surface area contributed by atoms with Crippen LogP contribution in [0.4, 0.5) is 15.9 Å². The zero-order valence-corrected chi connectivity index (χ0v) is 12.8. The lowest BCUT2D eigenvalue weighted by Gasteiger charge is -2.08. The van der Waals surface area contributed by atoms with Crippen LogP contribution in [-0.4, -0.2) is 29.1 Å². The molecule has 1 aromatic heterocycles. The number of hydrogen-bond acceptors (Lipinski definition) is 4. The molecule has 2 aromatic rings. The predicted molar refractivity (Wildman–Crippen MR) is 88.0 cm³/mol. The minimum absolute atomic E-state index is 0.220. The summed E-state index contributed by atoms with van der Waals surface area (Å²) in [7, 11) is 0. The SMILES string of the molecule is O=C(Nc1ccc(NCCCCCO)nc1)c1cccc(F)c1. The molecule has 3 N–H and O–H groups in total. The van der Waals surface area contributed by atoms with Crippen molar-refractivity contribution in [3.63, 3.8) is 0 Å². The zero-order valence-electron chi connectivity index (χ0n) is 12.8. The van der Waals surface area contributed by atoms with Gasteiger partial charge in [-0.05, 0) is 49.6 Å². The van der Waals surface area contributed by atoms with E-state index in [1.54, 1.807) is 24.4 Å². The first kappa shape index (κ1) is 16.9. The molecular formula is C17H20FN3O2. The van der Waals surface area contributed by atoms with Gasteiger partial charge in [-0.15, -0.1) is 0 Å². The average Bonchev–Trinajstić information content (AvgIpc) is 2.56. The van der Waals surface area contributed by atoms with E-state index in [1.807, 2.05) is 0 Å². The van der Waals surface area contributed by atoms with Crippen LogP contribution in [0.2, 0.25) is 0 Å². The number of unbranched alkanes of at least 4 members (excludes halogenated alkanes) is 2. The third kappa shape index (κ3) is 5.67. The van der Waals surface area contributed by atoms with E-state index >= 15 is 0 Å². The minimum Gasteiger partial charge on any atom is -0.396 e. The van der Waals surface area contributed by atoms with Crippen LogP contribution in [0, 0.1) is 5.82 Å². The van der Waals surface area contributed by atoms with Crippen molar-refractivity contribution in [2.24, 2.45) is 0 Å². The van der Waals surface area contributed by atoms with Gasteiger partial charge >= 0.3 is 0 Å². The molecule has 0 spiro atoms. The Morgan fingerprint density at radius 3 is 2.74 bits per heavy atom. The number of carbonyl (C=O) groups is 1. The Balaban J connectivity index is 1.83. The highest BCUT2D eigenvalue weighted by atomic mass is 19.1. The first-order chi connectivity index (χ1) is 11.2. The highest BCUT2D eigenvalue weighted by Crippen LogP contribution is 2.12. The van der Waals surface area contributed by atoms with Crippen molar-refractivity contribution in [1.82, 2.24) is 4.98 Å². The molecule has 0 aliphatic rings. The molecule has 0 atom stereocenters. The number of nitrogens with one attached hydrogen (secondary N) is 2. The van der Waals surface area contributed by atoms with E-state index in [-0.39, 0.29) is 18.1 Å². The molecule has 0 radical (unpaired) electrons. The third-order valence-electron chi connectivity index (χ3n) is 3.25. The Morgan fingerprint density at radius 1 is 1.17 bits per heavy atom. The summed E-state index contributed by atoms with van der Waals surface area (Å²) < 4.78 is 13.1. The first-order valence-corrected chi connectivity index (χ1v) is 7.57. The quantitative estimate of drug-likeness (QED) is 0.654. The summed E-state index contributed by atoms with van der Waals surface area (Å²) in [6, 6.07) is 9.03. The lowest BCUT2D eigenvalue weighted by molar-refractivity contribution is 0.102. The Morgan fingerprint density at radius 2 is 2.04 bits per heavy atom. The monoisotopic (exact) mass is 317 g/mol. The summed E-state index contributed by atoms with van der Waals surface area (Å²) in [5.74, 6) is -0.106. The second-order valence-corrected chi connectivity index (χ2v) is 5.11. The van der Waals surface area contributed by atoms with Crippen molar-refractivity contribution in [2.75, 3.05) is 23.8 Å². The van der Waals surface area contributed by atoms with Crippen molar-refractivity contribution in [3.05, 3.63) is 54.0 Å². The Bertz CT molecular complexity index is 632. The zero-order chi connectivity index (χ0) is 16.5. The lowest BCUT2D eigenvalue weighted by atomic mass is 10.2. The second kappa shape index (κ2) is 8.85. The molecule has 0 saturated carbocycles. The van der Waals surface area contributed by atoms with Crippen molar-refractivity contribution in [2.45, 2.75) is 19.3 Å². The van der Waals surface area contributed by atoms with Crippen LogP contribution in [-0.2, 0) is 0 Å². The molecule has 5 nitrogen and oxygen atoms in total. The van der Waals surface area contributed by atoms with E-state index in [4.69, 9.17) is 5.11 Å². The molecule has 1 aromatic carbocycles. The number of nitrogens with zero attached hydrogens (tertiary/aromatic N) is 1. The summed E-state index contributed by atoms with van der Waals surface area (Å²) in [6.07, 6.45) is 4.28. The van der Waals surface area contributed by atoms with E-state index in [9.17, 15) is 9.18 Å². The number of aliphatic hydroxyl groups is 1. The molecule has 0 fully saturated rings. The van der Waals surface area contributed by atoms with Gasteiger partial charge in [0.15, 0.2) is 0 Å². The minimum atomic E-state index is -0.448. The molecule has 0 aliphatic heterocycles. The number of benzene rings is 1. The normalized spacial score (nSPS) is 10.3.